The highest BCUT2D eigenvalue weighted by molar-refractivity contribution is 9.09. The van der Waals surface area contributed by atoms with Crippen molar-refractivity contribution in [3.8, 4) is 0 Å². The number of fused-ring (bicyclic) bond motifs is 1. The zero-order valence-electron chi connectivity index (χ0n) is 11.6. The molecule has 2 nitrogen and oxygen atoms in total. The largest absolute Gasteiger partial charge is 0.295 e. The van der Waals surface area contributed by atoms with Crippen LogP contribution in [0.3, 0.4) is 0 Å². The number of pyridine rings is 1. The second-order valence-corrected chi connectivity index (χ2v) is 5.90. The molecule has 0 saturated heterocycles. The molecule has 0 bridgehead atoms. The minimum Gasteiger partial charge on any atom is -0.295 e. The van der Waals surface area contributed by atoms with Gasteiger partial charge in [-0.2, -0.15) is 0 Å². The third-order valence-electron chi connectivity index (χ3n) is 3.33. The number of halogens is 1. The second kappa shape index (κ2) is 7.01. The Morgan fingerprint density at radius 1 is 1.16 bits per heavy atom. The van der Waals surface area contributed by atoms with Crippen LogP contribution in [0.15, 0.2) is 36.4 Å². The van der Waals surface area contributed by atoms with Crippen molar-refractivity contribution in [1.29, 1.82) is 0 Å². The Hall–Kier alpha value is -0.930. The lowest BCUT2D eigenvalue weighted by molar-refractivity contribution is 0.212. The number of hydrogen-bond acceptors (Lipinski definition) is 2. The number of benzene rings is 1. The van der Waals surface area contributed by atoms with Gasteiger partial charge in [0.2, 0.25) is 0 Å². The molecule has 2 rings (SSSR count). The molecule has 0 radical (unpaired) electrons. The monoisotopic (exact) mass is 320 g/mol. The van der Waals surface area contributed by atoms with E-state index in [4.69, 9.17) is 4.98 Å². The van der Waals surface area contributed by atoms with E-state index in [0.717, 1.165) is 29.6 Å². The van der Waals surface area contributed by atoms with Crippen LogP contribution in [0, 0.1) is 0 Å². The van der Waals surface area contributed by atoms with Crippen molar-refractivity contribution in [2.24, 2.45) is 0 Å². The van der Waals surface area contributed by atoms with Crippen molar-refractivity contribution in [2.75, 3.05) is 11.9 Å². The fraction of sp³-hybridized carbons (Fsp3) is 0.438. The molecule has 0 saturated carbocycles. The molecule has 1 heterocycles. The summed E-state index contributed by atoms with van der Waals surface area (Å²) in [5, 5.41) is 2.27. The molecule has 19 heavy (non-hydrogen) atoms. The summed E-state index contributed by atoms with van der Waals surface area (Å²) >= 11 is 3.50. The topological polar surface area (TPSA) is 16.1 Å². The van der Waals surface area contributed by atoms with Gasteiger partial charge in [-0.05, 0) is 38.9 Å². The molecule has 3 heteroatoms. The maximum atomic E-state index is 4.75. The van der Waals surface area contributed by atoms with E-state index in [1.54, 1.807) is 0 Å². The number of rotatable bonds is 6. The van der Waals surface area contributed by atoms with Gasteiger partial charge < -0.3 is 0 Å². The number of aromatic nitrogens is 1. The summed E-state index contributed by atoms with van der Waals surface area (Å²) in [5.41, 5.74) is 2.24. The third kappa shape index (κ3) is 4.02. The summed E-state index contributed by atoms with van der Waals surface area (Å²) in [6.45, 7) is 6.53. The van der Waals surface area contributed by atoms with Gasteiger partial charge in [0.1, 0.15) is 0 Å². The van der Waals surface area contributed by atoms with E-state index in [2.05, 4.69) is 65.0 Å². The lowest BCUT2D eigenvalue weighted by atomic mass is 10.2. The summed E-state index contributed by atoms with van der Waals surface area (Å²) < 4.78 is 0. The summed E-state index contributed by atoms with van der Waals surface area (Å²) in [4.78, 5) is 7.22. The first-order valence-electron chi connectivity index (χ1n) is 6.85. The molecule has 0 aliphatic rings. The van der Waals surface area contributed by atoms with Crippen LogP contribution >= 0.6 is 15.9 Å². The molecule has 0 N–H and O–H groups in total. The standard InChI is InChI=1S/C16H21BrN2/c1-13(2)19(11-5-10-17)12-15-9-8-14-6-3-4-7-16(14)18-15/h3-4,6-9,13H,5,10-12H2,1-2H3. The summed E-state index contributed by atoms with van der Waals surface area (Å²) in [5.74, 6) is 0. The Bertz CT molecular complexity index is 525. The molecule has 0 unspecified atom stereocenters. The molecule has 0 aliphatic carbocycles. The van der Waals surface area contributed by atoms with Gasteiger partial charge in [0.15, 0.2) is 0 Å². The molecule has 0 aliphatic heterocycles. The van der Waals surface area contributed by atoms with Crippen LogP contribution in [0.1, 0.15) is 26.0 Å². The van der Waals surface area contributed by atoms with Crippen molar-refractivity contribution in [3.63, 3.8) is 0 Å². The molecule has 1 aromatic carbocycles. The smallest absolute Gasteiger partial charge is 0.0705 e. The fourth-order valence-electron chi connectivity index (χ4n) is 2.19. The first-order valence-corrected chi connectivity index (χ1v) is 7.97. The summed E-state index contributed by atoms with van der Waals surface area (Å²) in [7, 11) is 0. The van der Waals surface area contributed by atoms with Crippen molar-refractivity contribution in [1.82, 2.24) is 9.88 Å². The maximum Gasteiger partial charge on any atom is 0.0705 e. The van der Waals surface area contributed by atoms with E-state index in [0.29, 0.717) is 6.04 Å². The number of para-hydroxylation sites is 1. The van der Waals surface area contributed by atoms with Gasteiger partial charge in [-0.25, -0.2) is 0 Å². The molecule has 0 spiro atoms. The molecule has 0 atom stereocenters. The van der Waals surface area contributed by atoms with Crippen LogP contribution in [0.2, 0.25) is 0 Å². The van der Waals surface area contributed by atoms with Crippen LogP contribution in [0.25, 0.3) is 10.9 Å². The van der Waals surface area contributed by atoms with Crippen LogP contribution in [-0.4, -0.2) is 27.8 Å². The van der Waals surface area contributed by atoms with E-state index in [1.807, 2.05) is 6.07 Å². The van der Waals surface area contributed by atoms with E-state index >= 15 is 0 Å². The zero-order chi connectivity index (χ0) is 13.7. The summed E-state index contributed by atoms with van der Waals surface area (Å²) in [6, 6.07) is 13.2. The predicted octanol–water partition coefficient (Wildman–Crippen LogP) is 4.23. The number of nitrogens with zero attached hydrogens (tertiary/aromatic N) is 2. The van der Waals surface area contributed by atoms with E-state index < -0.39 is 0 Å². The van der Waals surface area contributed by atoms with Crippen molar-refractivity contribution in [2.45, 2.75) is 32.9 Å². The molecular weight excluding hydrogens is 300 g/mol. The maximum absolute atomic E-state index is 4.75. The van der Waals surface area contributed by atoms with Gasteiger partial charge in [0.05, 0.1) is 11.2 Å². The highest BCUT2D eigenvalue weighted by atomic mass is 79.9. The number of alkyl halides is 1. The van der Waals surface area contributed by atoms with Crippen LogP contribution in [0.5, 0.6) is 0 Å². The SMILES string of the molecule is CC(C)N(CCCBr)Cc1ccc2ccccc2n1. The number of hydrogen-bond donors (Lipinski definition) is 0. The Balaban J connectivity index is 2.14. The van der Waals surface area contributed by atoms with E-state index in [1.165, 1.54) is 11.8 Å². The molecule has 2 aromatic rings. The summed E-state index contributed by atoms with van der Waals surface area (Å²) in [6.07, 6.45) is 1.17. The molecule has 102 valence electrons. The van der Waals surface area contributed by atoms with Crippen LogP contribution in [-0.2, 0) is 6.54 Å². The van der Waals surface area contributed by atoms with Gasteiger partial charge in [-0.1, -0.05) is 40.2 Å². The van der Waals surface area contributed by atoms with Gasteiger partial charge in [0, 0.05) is 23.3 Å². The Labute approximate surface area is 124 Å². The Kier molecular flexibility index (Phi) is 5.34. The van der Waals surface area contributed by atoms with Crippen LogP contribution < -0.4 is 0 Å². The van der Waals surface area contributed by atoms with E-state index in [9.17, 15) is 0 Å². The van der Waals surface area contributed by atoms with Crippen molar-refractivity contribution in [3.05, 3.63) is 42.1 Å². The van der Waals surface area contributed by atoms with Gasteiger partial charge >= 0.3 is 0 Å². The zero-order valence-corrected chi connectivity index (χ0v) is 13.2. The van der Waals surface area contributed by atoms with Gasteiger partial charge in [0.25, 0.3) is 0 Å². The van der Waals surface area contributed by atoms with E-state index in [-0.39, 0.29) is 0 Å². The second-order valence-electron chi connectivity index (χ2n) is 5.10. The highest BCUT2D eigenvalue weighted by Gasteiger charge is 2.10. The lowest BCUT2D eigenvalue weighted by Crippen LogP contribution is -2.31. The quantitative estimate of drug-likeness (QED) is 0.740. The van der Waals surface area contributed by atoms with Gasteiger partial charge in [-0.15, -0.1) is 0 Å². The fourth-order valence-corrected chi connectivity index (χ4v) is 2.44. The Morgan fingerprint density at radius 2 is 1.95 bits per heavy atom. The molecule has 0 fully saturated rings. The van der Waals surface area contributed by atoms with Crippen LogP contribution in [0.4, 0.5) is 0 Å². The normalized spacial score (nSPS) is 11.6. The van der Waals surface area contributed by atoms with Gasteiger partial charge in [-0.3, -0.25) is 9.88 Å². The van der Waals surface area contributed by atoms with Crippen molar-refractivity contribution >= 4 is 26.8 Å². The Morgan fingerprint density at radius 3 is 2.68 bits per heavy atom. The molecule has 1 aromatic heterocycles. The average molecular weight is 321 g/mol. The van der Waals surface area contributed by atoms with Crippen molar-refractivity contribution < 1.29 is 0 Å². The first kappa shape index (κ1) is 14.5. The third-order valence-corrected chi connectivity index (χ3v) is 3.89. The highest BCUT2D eigenvalue weighted by Crippen LogP contribution is 2.14. The molecular formula is C16H21BrN2. The minimum absolute atomic E-state index is 0.548. The average Bonchev–Trinajstić information content (AvgIpc) is 2.43. The minimum atomic E-state index is 0.548. The molecule has 0 amide bonds. The predicted molar refractivity (Wildman–Crippen MR) is 85.7 cm³/mol. The lowest BCUT2D eigenvalue weighted by Gasteiger charge is -2.25. The first-order chi connectivity index (χ1) is 9.20.